The minimum atomic E-state index is -0.552. The van der Waals surface area contributed by atoms with Crippen molar-refractivity contribution in [2.24, 2.45) is 0 Å². The number of likely N-dealkylation sites (tertiary alicyclic amines) is 1. The second kappa shape index (κ2) is 10.3. The first kappa shape index (κ1) is 25.0. The Kier molecular flexibility index (Phi) is 7.36. The molecule has 1 saturated heterocycles. The van der Waals surface area contributed by atoms with Gasteiger partial charge in [0.15, 0.2) is 0 Å². The van der Waals surface area contributed by atoms with Gasteiger partial charge in [-0.1, -0.05) is 30.3 Å². The Hall–Kier alpha value is -3.06. The second-order valence-corrected chi connectivity index (χ2v) is 10.4. The topological polar surface area (TPSA) is 71.1 Å². The molecular weight excluding hydrogens is 442 g/mol. The lowest BCUT2D eigenvalue weighted by molar-refractivity contribution is -0.118. The summed E-state index contributed by atoms with van der Waals surface area (Å²) in [5.74, 6) is 0.884. The number of carbonyl (C=O) groups excluding carboxylic acids is 2. The first-order valence-corrected chi connectivity index (χ1v) is 12.4. The molecule has 2 aromatic carbocycles. The van der Waals surface area contributed by atoms with Gasteiger partial charge in [-0.3, -0.25) is 9.69 Å². The molecule has 2 unspecified atom stereocenters. The van der Waals surface area contributed by atoms with Crippen molar-refractivity contribution in [2.75, 3.05) is 25.6 Å². The van der Waals surface area contributed by atoms with Crippen LogP contribution in [-0.2, 0) is 22.5 Å². The zero-order valence-electron chi connectivity index (χ0n) is 21.5. The highest BCUT2D eigenvalue weighted by atomic mass is 16.6. The second-order valence-electron chi connectivity index (χ2n) is 10.4. The number of ether oxygens (including phenoxy) is 2. The summed E-state index contributed by atoms with van der Waals surface area (Å²) in [6.07, 6.45) is 2.82. The summed E-state index contributed by atoms with van der Waals surface area (Å²) in [4.78, 5) is 28.9. The summed E-state index contributed by atoms with van der Waals surface area (Å²) in [5, 5.41) is 3.73. The van der Waals surface area contributed by atoms with E-state index in [9.17, 15) is 9.59 Å². The highest BCUT2D eigenvalue weighted by Gasteiger charge is 2.37. The Labute approximate surface area is 208 Å². The number of amides is 2. The number of hydrogen-bond donors (Lipinski definition) is 1. The SMILES string of the molecule is COc1cc2c(cc1CNC1CCCN(C(=O)OC(C)(C)C)C1c1ccccc1)CCC(=O)N2C. The lowest BCUT2D eigenvalue weighted by Gasteiger charge is -2.42. The number of nitrogens with zero attached hydrogens (tertiary/aromatic N) is 2. The van der Waals surface area contributed by atoms with Gasteiger partial charge >= 0.3 is 6.09 Å². The number of rotatable bonds is 5. The van der Waals surface area contributed by atoms with Gasteiger partial charge < -0.3 is 19.7 Å². The van der Waals surface area contributed by atoms with Crippen LogP contribution in [0.1, 0.15) is 62.8 Å². The molecule has 188 valence electrons. The molecule has 0 radical (unpaired) electrons. The minimum absolute atomic E-state index is 0.0589. The van der Waals surface area contributed by atoms with E-state index in [-0.39, 0.29) is 24.1 Å². The molecule has 7 nitrogen and oxygen atoms in total. The summed E-state index contributed by atoms with van der Waals surface area (Å²) in [5.41, 5.74) is 3.66. The first-order valence-electron chi connectivity index (χ1n) is 12.4. The van der Waals surface area contributed by atoms with Crippen LogP contribution in [0.2, 0.25) is 0 Å². The maximum Gasteiger partial charge on any atom is 0.410 e. The fraction of sp³-hybridized carbons (Fsp3) is 0.500. The van der Waals surface area contributed by atoms with Crippen LogP contribution in [0.25, 0.3) is 0 Å². The van der Waals surface area contributed by atoms with E-state index in [1.165, 1.54) is 0 Å². The van der Waals surface area contributed by atoms with Crippen molar-refractivity contribution in [3.05, 3.63) is 59.2 Å². The van der Waals surface area contributed by atoms with Crippen molar-refractivity contribution in [1.29, 1.82) is 0 Å². The van der Waals surface area contributed by atoms with Gasteiger partial charge in [0.1, 0.15) is 11.4 Å². The number of fused-ring (bicyclic) bond motifs is 1. The average Bonchev–Trinajstić information content (AvgIpc) is 2.84. The van der Waals surface area contributed by atoms with Gasteiger partial charge in [-0.15, -0.1) is 0 Å². The van der Waals surface area contributed by atoms with Gasteiger partial charge in [-0.25, -0.2) is 4.79 Å². The summed E-state index contributed by atoms with van der Waals surface area (Å²) >= 11 is 0. The smallest absolute Gasteiger partial charge is 0.410 e. The molecule has 2 amide bonds. The van der Waals surface area contributed by atoms with E-state index in [2.05, 4.69) is 23.5 Å². The Morgan fingerprint density at radius 2 is 1.89 bits per heavy atom. The summed E-state index contributed by atoms with van der Waals surface area (Å²) in [7, 11) is 3.48. The van der Waals surface area contributed by atoms with Crippen LogP contribution in [0.3, 0.4) is 0 Å². The third-order valence-corrected chi connectivity index (χ3v) is 6.78. The van der Waals surface area contributed by atoms with E-state index < -0.39 is 5.60 Å². The van der Waals surface area contributed by atoms with Crippen LogP contribution < -0.4 is 15.0 Å². The number of hydrogen-bond acceptors (Lipinski definition) is 5. The molecular formula is C28H37N3O4. The number of piperidine rings is 1. The predicted octanol–water partition coefficient (Wildman–Crippen LogP) is 4.83. The van der Waals surface area contributed by atoms with E-state index in [1.807, 2.05) is 57.0 Å². The number of anilines is 1. The number of benzene rings is 2. The fourth-order valence-electron chi connectivity index (χ4n) is 5.09. The van der Waals surface area contributed by atoms with E-state index >= 15 is 0 Å². The number of methoxy groups -OCH3 is 1. The molecule has 7 heteroatoms. The number of carbonyl (C=O) groups is 2. The third-order valence-electron chi connectivity index (χ3n) is 6.78. The van der Waals surface area contributed by atoms with E-state index in [0.29, 0.717) is 19.5 Å². The van der Waals surface area contributed by atoms with Crippen LogP contribution in [0.4, 0.5) is 10.5 Å². The highest BCUT2D eigenvalue weighted by molar-refractivity contribution is 5.96. The molecule has 0 spiro atoms. The van der Waals surface area contributed by atoms with Crippen molar-refractivity contribution in [2.45, 2.75) is 70.7 Å². The summed E-state index contributed by atoms with van der Waals surface area (Å²) in [6.45, 7) is 6.96. The van der Waals surface area contributed by atoms with Crippen LogP contribution in [-0.4, -0.2) is 49.2 Å². The number of aryl methyl sites for hydroxylation is 1. The van der Waals surface area contributed by atoms with Gasteiger partial charge in [0.25, 0.3) is 0 Å². The number of nitrogens with one attached hydrogen (secondary N) is 1. The maximum atomic E-state index is 13.2. The van der Waals surface area contributed by atoms with Crippen LogP contribution >= 0.6 is 0 Å². The molecule has 0 bridgehead atoms. The first-order chi connectivity index (χ1) is 16.7. The van der Waals surface area contributed by atoms with E-state index in [4.69, 9.17) is 9.47 Å². The van der Waals surface area contributed by atoms with Crippen molar-refractivity contribution >= 4 is 17.7 Å². The zero-order valence-corrected chi connectivity index (χ0v) is 21.5. The normalized spacial score (nSPS) is 20.4. The van der Waals surface area contributed by atoms with Crippen LogP contribution in [0, 0.1) is 0 Å². The lowest BCUT2D eigenvalue weighted by atomic mass is 9.90. The molecule has 2 aromatic rings. The molecule has 0 saturated carbocycles. The third kappa shape index (κ3) is 5.61. The molecule has 0 aliphatic carbocycles. The largest absolute Gasteiger partial charge is 0.496 e. The minimum Gasteiger partial charge on any atom is -0.496 e. The Bertz CT molecular complexity index is 1060. The fourth-order valence-corrected chi connectivity index (χ4v) is 5.09. The highest BCUT2D eigenvalue weighted by Crippen LogP contribution is 2.36. The Morgan fingerprint density at radius 3 is 2.57 bits per heavy atom. The molecule has 4 rings (SSSR count). The lowest BCUT2D eigenvalue weighted by Crippen LogP contribution is -2.51. The molecule has 2 heterocycles. The van der Waals surface area contributed by atoms with Crippen molar-refractivity contribution in [3.63, 3.8) is 0 Å². The molecule has 35 heavy (non-hydrogen) atoms. The Balaban J connectivity index is 1.59. The molecule has 2 atom stereocenters. The molecule has 2 aliphatic rings. The quantitative estimate of drug-likeness (QED) is 0.665. The molecule has 0 aromatic heterocycles. The Morgan fingerprint density at radius 1 is 1.14 bits per heavy atom. The molecule has 1 fully saturated rings. The summed E-state index contributed by atoms with van der Waals surface area (Å²) < 4.78 is 11.5. The van der Waals surface area contributed by atoms with Crippen LogP contribution in [0.15, 0.2) is 42.5 Å². The maximum absolute atomic E-state index is 13.2. The standard InChI is InChI=1S/C28H37N3O4/c1-28(2,3)35-27(33)31-15-9-12-22(26(31)19-10-7-6-8-11-19)29-18-21-16-20-13-14-25(32)30(4)23(20)17-24(21)34-5/h6-8,10-11,16-17,22,26,29H,9,12-15,18H2,1-5H3. The van der Waals surface area contributed by atoms with E-state index in [0.717, 1.165) is 47.4 Å². The van der Waals surface area contributed by atoms with E-state index in [1.54, 1.807) is 12.0 Å². The van der Waals surface area contributed by atoms with Gasteiger partial charge in [0, 0.05) is 44.2 Å². The zero-order chi connectivity index (χ0) is 25.2. The van der Waals surface area contributed by atoms with Crippen molar-refractivity contribution in [1.82, 2.24) is 10.2 Å². The predicted molar refractivity (Wildman–Crippen MR) is 137 cm³/mol. The van der Waals surface area contributed by atoms with Gasteiger partial charge in [-0.05, 0) is 57.2 Å². The van der Waals surface area contributed by atoms with Gasteiger partial charge in [0.2, 0.25) is 5.91 Å². The van der Waals surface area contributed by atoms with Crippen molar-refractivity contribution in [3.8, 4) is 5.75 Å². The summed E-state index contributed by atoms with van der Waals surface area (Å²) in [6, 6.07) is 14.2. The molecule has 2 aliphatic heterocycles. The monoisotopic (exact) mass is 479 g/mol. The van der Waals surface area contributed by atoms with Crippen LogP contribution in [0.5, 0.6) is 5.75 Å². The average molecular weight is 480 g/mol. The van der Waals surface area contributed by atoms with Crippen molar-refractivity contribution < 1.29 is 19.1 Å². The van der Waals surface area contributed by atoms with Gasteiger partial charge in [0.05, 0.1) is 18.8 Å². The van der Waals surface area contributed by atoms with Gasteiger partial charge in [-0.2, -0.15) is 0 Å². The molecule has 1 N–H and O–H groups in total.